The van der Waals surface area contributed by atoms with Gasteiger partial charge in [0, 0.05) is 30.1 Å². The second kappa shape index (κ2) is 8.85. The number of aliphatic hydroxyl groups is 1. The summed E-state index contributed by atoms with van der Waals surface area (Å²) in [5.41, 5.74) is -6.80. The molecule has 198 valence electrons. The number of ether oxygens (including phenoxy) is 2. The quantitative estimate of drug-likeness (QED) is 0.547. The average molecular weight is 509 g/mol. The molecule has 0 aromatic carbocycles. The lowest BCUT2D eigenvalue weighted by Gasteiger charge is -2.63. The molecule has 0 saturated heterocycles. The monoisotopic (exact) mass is 508 g/mol. The molecule has 0 aliphatic heterocycles. The molecule has 0 bridgehead atoms. The van der Waals surface area contributed by atoms with Crippen LogP contribution in [0, 0.1) is 22.7 Å². The maximum atomic E-state index is 17.2. The second-order valence-corrected chi connectivity index (χ2v) is 11.2. The van der Waals surface area contributed by atoms with Crippen LogP contribution in [-0.2, 0) is 28.7 Å². The van der Waals surface area contributed by atoms with Gasteiger partial charge in [0.05, 0.1) is 6.10 Å². The number of carbonyl (C=O) groups is 4. The zero-order valence-electron chi connectivity index (χ0n) is 21.1. The number of allylic oxidation sites excluding steroid dienone is 4. The van der Waals surface area contributed by atoms with Gasteiger partial charge in [-0.3, -0.25) is 19.2 Å². The third-order valence-corrected chi connectivity index (χ3v) is 9.35. The zero-order chi connectivity index (χ0) is 26.7. The van der Waals surface area contributed by atoms with Gasteiger partial charge in [0.2, 0.25) is 5.78 Å². The molecule has 3 fully saturated rings. The van der Waals surface area contributed by atoms with Crippen molar-refractivity contribution in [1.82, 2.24) is 0 Å². The fourth-order valence-corrected chi connectivity index (χ4v) is 7.61. The number of esters is 2. The van der Waals surface area contributed by atoms with Gasteiger partial charge in [-0.25, -0.2) is 8.78 Å². The molecule has 1 N–H and O–H groups in total. The summed E-state index contributed by atoms with van der Waals surface area (Å²) in [5, 5.41) is 11.4. The Morgan fingerprint density at radius 1 is 1.22 bits per heavy atom. The summed E-state index contributed by atoms with van der Waals surface area (Å²) in [6.45, 7) is 5.50. The molecule has 1 unspecified atom stereocenters. The summed E-state index contributed by atoms with van der Waals surface area (Å²) in [5.74, 6) is -3.96. The maximum Gasteiger partial charge on any atom is 0.306 e. The van der Waals surface area contributed by atoms with Gasteiger partial charge in [0.25, 0.3) is 0 Å². The first-order chi connectivity index (χ1) is 16.8. The highest BCUT2D eigenvalue weighted by atomic mass is 19.1. The Morgan fingerprint density at radius 3 is 2.56 bits per heavy atom. The van der Waals surface area contributed by atoms with Crippen LogP contribution in [0.4, 0.5) is 8.78 Å². The van der Waals surface area contributed by atoms with Crippen molar-refractivity contribution in [2.45, 2.75) is 89.8 Å². The van der Waals surface area contributed by atoms with E-state index < -0.39 is 76.3 Å². The van der Waals surface area contributed by atoms with Crippen LogP contribution in [0.15, 0.2) is 23.8 Å². The van der Waals surface area contributed by atoms with E-state index in [9.17, 15) is 24.3 Å². The molecule has 0 amide bonds. The van der Waals surface area contributed by atoms with E-state index in [0.717, 1.165) is 13.0 Å². The van der Waals surface area contributed by atoms with E-state index in [-0.39, 0.29) is 37.7 Å². The lowest BCUT2D eigenvalue weighted by Crippen LogP contribution is -2.70. The standard InChI is InChI=1S/C27H34F2O7/c1-5-6-23(34)36-26(22(33)14-35-15(2)30)10-8-17-18-12-20(28)19-11-16(31)7-9-24(19,3)27(18,29)21(32)13-25(17,26)4/h7,9,11,17-18,20-21,32H,5-6,8,10,12-14H2,1-4H3/t17-,18?,20-,21-,24-,25-,26-,27-/m0/s1. The SMILES string of the molecule is CCCC(=O)O[C@]1(C(=O)COC(C)=O)CC[C@H]2C3C[C@H](F)C4=CC(=O)C=C[C@]4(C)[C@@]3(F)[C@@H](O)C[C@@]21C. The van der Waals surface area contributed by atoms with Crippen LogP contribution in [0.3, 0.4) is 0 Å². The molecule has 4 aliphatic carbocycles. The van der Waals surface area contributed by atoms with Crippen molar-refractivity contribution < 1.29 is 42.5 Å². The van der Waals surface area contributed by atoms with E-state index >= 15 is 8.78 Å². The Labute approximate surface area is 209 Å². The van der Waals surface area contributed by atoms with Crippen LogP contribution < -0.4 is 0 Å². The molecule has 7 nitrogen and oxygen atoms in total. The summed E-state index contributed by atoms with van der Waals surface area (Å²) in [6.07, 6.45) is 0.783. The third-order valence-electron chi connectivity index (χ3n) is 9.35. The summed E-state index contributed by atoms with van der Waals surface area (Å²) in [4.78, 5) is 49.6. The van der Waals surface area contributed by atoms with E-state index in [4.69, 9.17) is 9.47 Å². The number of fused-ring (bicyclic) bond motifs is 5. The Hall–Kier alpha value is -2.42. The Balaban J connectivity index is 1.80. The van der Waals surface area contributed by atoms with Crippen molar-refractivity contribution in [1.29, 1.82) is 0 Å². The highest BCUT2D eigenvalue weighted by molar-refractivity contribution is 6.01. The van der Waals surface area contributed by atoms with Crippen LogP contribution in [0.1, 0.15) is 66.2 Å². The number of alkyl halides is 2. The molecule has 4 rings (SSSR count). The van der Waals surface area contributed by atoms with Crippen molar-refractivity contribution >= 4 is 23.5 Å². The Kier molecular flexibility index (Phi) is 6.55. The molecular formula is C27H34F2O7. The number of hydrogen-bond acceptors (Lipinski definition) is 7. The van der Waals surface area contributed by atoms with Crippen LogP contribution in [0.25, 0.3) is 0 Å². The second-order valence-electron chi connectivity index (χ2n) is 11.2. The van der Waals surface area contributed by atoms with Crippen LogP contribution in [-0.4, -0.2) is 58.8 Å². The summed E-state index contributed by atoms with van der Waals surface area (Å²) in [6, 6.07) is 0. The maximum absolute atomic E-state index is 17.2. The number of aliphatic hydroxyl groups excluding tert-OH is 1. The molecule has 8 atom stereocenters. The van der Waals surface area contributed by atoms with Crippen molar-refractivity contribution in [2.75, 3.05) is 6.61 Å². The molecule has 9 heteroatoms. The van der Waals surface area contributed by atoms with Crippen molar-refractivity contribution in [3.63, 3.8) is 0 Å². The average Bonchev–Trinajstić information content (AvgIpc) is 3.08. The first-order valence-electron chi connectivity index (χ1n) is 12.6. The van der Waals surface area contributed by atoms with Gasteiger partial charge >= 0.3 is 11.9 Å². The molecule has 0 radical (unpaired) electrons. The number of hydrogen-bond donors (Lipinski definition) is 1. The predicted molar refractivity (Wildman–Crippen MR) is 124 cm³/mol. The highest BCUT2D eigenvalue weighted by Crippen LogP contribution is 2.70. The summed E-state index contributed by atoms with van der Waals surface area (Å²) >= 11 is 0. The van der Waals surface area contributed by atoms with Gasteiger partial charge in [-0.2, -0.15) is 0 Å². The molecular weight excluding hydrogens is 474 g/mol. The molecule has 36 heavy (non-hydrogen) atoms. The number of rotatable bonds is 6. The minimum absolute atomic E-state index is 0.0148. The van der Waals surface area contributed by atoms with Gasteiger partial charge < -0.3 is 14.6 Å². The summed E-state index contributed by atoms with van der Waals surface area (Å²) < 4.78 is 43.6. The van der Waals surface area contributed by atoms with E-state index in [1.54, 1.807) is 13.8 Å². The van der Waals surface area contributed by atoms with Gasteiger partial charge in [0.15, 0.2) is 23.7 Å². The predicted octanol–water partition coefficient (Wildman–Crippen LogP) is 3.52. The highest BCUT2D eigenvalue weighted by Gasteiger charge is 2.76. The Bertz CT molecular complexity index is 1050. The minimum Gasteiger partial charge on any atom is -0.458 e. The van der Waals surface area contributed by atoms with Gasteiger partial charge in [0.1, 0.15) is 6.17 Å². The smallest absolute Gasteiger partial charge is 0.306 e. The number of carbonyl (C=O) groups excluding carboxylic acids is 4. The van der Waals surface area contributed by atoms with Gasteiger partial charge in [-0.15, -0.1) is 0 Å². The van der Waals surface area contributed by atoms with Crippen LogP contribution in [0.5, 0.6) is 0 Å². The molecule has 0 heterocycles. The fourth-order valence-electron chi connectivity index (χ4n) is 7.61. The molecule has 0 aromatic rings. The molecule has 3 saturated carbocycles. The number of Topliss-reactive ketones (excluding diaryl/α,β-unsaturated/α-hetero) is 1. The fraction of sp³-hybridized carbons (Fsp3) is 0.704. The number of ketones is 2. The molecule has 0 spiro atoms. The molecule has 4 aliphatic rings. The lowest BCUT2D eigenvalue weighted by atomic mass is 9.44. The van der Waals surface area contributed by atoms with E-state index in [2.05, 4.69) is 0 Å². The minimum atomic E-state index is -2.30. The van der Waals surface area contributed by atoms with E-state index in [1.807, 2.05) is 0 Å². The van der Waals surface area contributed by atoms with Crippen molar-refractivity contribution in [3.8, 4) is 0 Å². The summed E-state index contributed by atoms with van der Waals surface area (Å²) in [7, 11) is 0. The molecule has 0 aromatic heterocycles. The van der Waals surface area contributed by atoms with Crippen LogP contribution in [0.2, 0.25) is 0 Å². The zero-order valence-corrected chi connectivity index (χ0v) is 21.1. The van der Waals surface area contributed by atoms with E-state index in [1.165, 1.54) is 19.1 Å². The largest absolute Gasteiger partial charge is 0.458 e. The first kappa shape index (κ1) is 26.6. The lowest BCUT2D eigenvalue weighted by molar-refractivity contribution is -0.229. The number of halogens is 2. The first-order valence-corrected chi connectivity index (χ1v) is 12.6. The van der Waals surface area contributed by atoms with E-state index in [0.29, 0.717) is 6.42 Å². The van der Waals surface area contributed by atoms with Crippen LogP contribution >= 0.6 is 0 Å². The topological polar surface area (TPSA) is 107 Å². The Morgan fingerprint density at radius 2 is 1.92 bits per heavy atom. The normalized spacial score (nSPS) is 43.1. The van der Waals surface area contributed by atoms with Gasteiger partial charge in [-0.1, -0.05) is 19.9 Å². The third kappa shape index (κ3) is 3.52. The van der Waals surface area contributed by atoms with Gasteiger partial charge in [-0.05, 0) is 62.7 Å². The van der Waals surface area contributed by atoms with Crippen molar-refractivity contribution in [2.24, 2.45) is 22.7 Å². The van der Waals surface area contributed by atoms with Crippen molar-refractivity contribution in [3.05, 3.63) is 23.8 Å².